The molecule has 0 spiro atoms. The van der Waals surface area contributed by atoms with Crippen LogP contribution in [0.1, 0.15) is 20.8 Å². The Kier molecular flexibility index (Phi) is 1.80. The Balaban J connectivity index is 2.76. The molecule has 0 aromatic carbocycles. The summed E-state index contributed by atoms with van der Waals surface area (Å²) in [5.41, 5.74) is 3.98. The van der Waals surface area contributed by atoms with Gasteiger partial charge in [0.1, 0.15) is 5.84 Å². The lowest BCUT2D eigenvalue weighted by Gasteiger charge is -2.34. The molecule has 0 saturated heterocycles. The van der Waals surface area contributed by atoms with Crippen molar-refractivity contribution in [3.8, 4) is 0 Å². The zero-order valence-corrected chi connectivity index (χ0v) is 7.79. The molecule has 0 aromatic rings. The molecule has 4 nitrogen and oxygen atoms in total. The Morgan fingerprint density at radius 2 is 1.82 bits per heavy atom. The van der Waals surface area contributed by atoms with Crippen LogP contribution < -0.4 is 0 Å². The monoisotopic (exact) mass is 155 g/mol. The first-order valence-corrected chi connectivity index (χ1v) is 3.69. The molecule has 0 unspecified atom stereocenters. The maximum absolute atomic E-state index is 4.06. The molecule has 11 heavy (non-hydrogen) atoms. The lowest BCUT2D eigenvalue weighted by molar-refractivity contribution is 0.162. The minimum absolute atomic E-state index is 0.0724. The van der Waals surface area contributed by atoms with Crippen LogP contribution >= 0.6 is 0 Å². The lowest BCUT2D eigenvalue weighted by atomic mass is 9.95. The Labute approximate surface area is 67.8 Å². The van der Waals surface area contributed by atoms with Gasteiger partial charge in [0.25, 0.3) is 0 Å². The summed E-state index contributed by atoms with van der Waals surface area (Å²) in [5.74, 6) is 1.00. The van der Waals surface area contributed by atoms with E-state index < -0.39 is 0 Å². The van der Waals surface area contributed by atoms with E-state index in [2.05, 4.69) is 31.4 Å². The summed E-state index contributed by atoms with van der Waals surface area (Å²) in [6.07, 6.45) is 0. The van der Waals surface area contributed by atoms with E-state index in [4.69, 9.17) is 0 Å². The van der Waals surface area contributed by atoms with Crippen molar-refractivity contribution in [3.63, 3.8) is 0 Å². The molecule has 0 N–H and O–H groups in total. The molecule has 1 rings (SSSR count). The maximum Gasteiger partial charge on any atom is 0.104 e. The van der Waals surface area contributed by atoms with E-state index in [1.807, 2.05) is 19.1 Å². The van der Waals surface area contributed by atoms with E-state index in [-0.39, 0.29) is 5.41 Å². The van der Waals surface area contributed by atoms with E-state index in [9.17, 15) is 0 Å². The van der Waals surface area contributed by atoms with Crippen molar-refractivity contribution in [2.24, 2.45) is 10.5 Å². The summed E-state index contributed by atoms with van der Waals surface area (Å²) in [4.78, 5) is 0. The minimum Gasteiger partial charge on any atom is -0.518 e. The standard InChI is InChI=1S/C7H15N4/c1-7(2,3)6-8-9-11(5)10(6)4/h1-5H3/q-1. The van der Waals surface area contributed by atoms with Gasteiger partial charge in [0.2, 0.25) is 0 Å². The average molecular weight is 155 g/mol. The van der Waals surface area contributed by atoms with Gasteiger partial charge in [-0.2, -0.15) is 0 Å². The molecule has 64 valence electrons. The van der Waals surface area contributed by atoms with E-state index in [1.54, 1.807) is 5.12 Å². The number of hydrogen-bond acceptors (Lipinski definition) is 3. The third-order valence-electron chi connectivity index (χ3n) is 1.68. The topological polar surface area (TPSA) is 32.9 Å². The second-order valence-electron chi connectivity index (χ2n) is 3.78. The molecule has 0 amide bonds. The second-order valence-corrected chi connectivity index (χ2v) is 3.78. The quantitative estimate of drug-likeness (QED) is 0.530. The summed E-state index contributed by atoms with van der Waals surface area (Å²) < 4.78 is 0. The Morgan fingerprint density at radius 1 is 1.27 bits per heavy atom. The van der Waals surface area contributed by atoms with Crippen LogP contribution in [0.5, 0.6) is 0 Å². The van der Waals surface area contributed by atoms with Crippen molar-refractivity contribution in [1.82, 2.24) is 10.1 Å². The van der Waals surface area contributed by atoms with Gasteiger partial charge < -0.3 is 15.6 Å². The molecule has 0 atom stereocenters. The average Bonchev–Trinajstić information content (AvgIpc) is 2.11. The highest BCUT2D eigenvalue weighted by atomic mass is 15.9. The number of amidine groups is 1. The van der Waals surface area contributed by atoms with Gasteiger partial charge in [-0.25, -0.2) is 0 Å². The van der Waals surface area contributed by atoms with Crippen LogP contribution in [0.3, 0.4) is 0 Å². The van der Waals surface area contributed by atoms with Crippen LogP contribution in [-0.2, 0) is 0 Å². The van der Waals surface area contributed by atoms with Gasteiger partial charge in [0.15, 0.2) is 0 Å². The molecule has 0 aromatic heterocycles. The summed E-state index contributed by atoms with van der Waals surface area (Å²) >= 11 is 0. The third-order valence-corrected chi connectivity index (χ3v) is 1.68. The highest BCUT2D eigenvalue weighted by Crippen LogP contribution is 2.25. The number of hydrazine groups is 1. The second kappa shape index (κ2) is 2.37. The highest BCUT2D eigenvalue weighted by molar-refractivity contribution is 5.88. The molecular weight excluding hydrogens is 140 g/mol. The number of nitrogens with zero attached hydrogens (tertiary/aromatic N) is 4. The van der Waals surface area contributed by atoms with Crippen molar-refractivity contribution in [1.29, 1.82) is 0 Å². The first-order chi connectivity index (χ1) is 4.93. The zero-order chi connectivity index (χ0) is 8.65. The smallest absolute Gasteiger partial charge is 0.104 e. The van der Waals surface area contributed by atoms with Crippen molar-refractivity contribution < 1.29 is 0 Å². The Morgan fingerprint density at radius 3 is 2.00 bits per heavy atom. The summed E-state index contributed by atoms with van der Waals surface area (Å²) in [5, 5.41) is 7.73. The predicted octanol–water partition coefficient (Wildman–Crippen LogP) is 1.43. The summed E-state index contributed by atoms with van der Waals surface area (Å²) in [7, 11) is 3.84. The Bertz CT molecular complexity index is 179. The van der Waals surface area contributed by atoms with Gasteiger partial charge in [-0.1, -0.05) is 20.8 Å². The van der Waals surface area contributed by atoms with Crippen LogP contribution in [0.15, 0.2) is 5.10 Å². The summed E-state index contributed by atoms with van der Waals surface area (Å²) in [6.45, 7) is 6.37. The number of hydrogen-bond donors (Lipinski definition) is 0. The van der Waals surface area contributed by atoms with Crippen LogP contribution in [0.4, 0.5) is 0 Å². The fourth-order valence-corrected chi connectivity index (χ4v) is 1.00. The highest BCUT2D eigenvalue weighted by Gasteiger charge is 2.24. The molecule has 0 radical (unpaired) electrons. The largest absolute Gasteiger partial charge is 0.518 e. The number of rotatable bonds is 0. The van der Waals surface area contributed by atoms with Crippen LogP contribution in [0.2, 0.25) is 0 Å². The molecule has 1 heterocycles. The molecule has 1 aliphatic rings. The van der Waals surface area contributed by atoms with Gasteiger partial charge in [-0.3, -0.25) is 5.12 Å². The van der Waals surface area contributed by atoms with E-state index >= 15 is 0 Å². The molecule has 0 fully saturated rings. The summed E-state index contributed by atoms with van der Waals surface area (Å²) in [6, 6.07) is 0. The van der Waals surface area contributed by atoms with Crippen LogP contribution in [-0.4, -0.2) is 30.1 Å². The maximum atomic E-state index is 4.06. The zero-order valence-electron chi connectivity index (χ0n) is 7.79. The fraction of sp³-hybridized carbons (Fsp3) is 0.857. The van der Waals surface area contributed by atoms with Gasteiger partial charge >= 0.3 is 0 Å². The van der Waals surface area contributed by atoms with E-state index in [0.717, 1.165) is 5.84 Å². The first kappa shape index (κ1) is 8.33. The molecule has 0 saturated carbocycles. The van der Waals surface area contributed by atoms with Gasteiger partial charge in [0.05, 0.1) is 0 Å². The predicted molar refractivity (Wildman–Crippen MR) is 45.8 cm³/mol. The minimum atomic E-state index is 0.0724. The van der Waals surface area contributed by atoms with Crippen molar-refractivity contribution >= 4 is 5.84 Å². The molecule has 0 bridgehead atoms. The van der Waals surface area contributed by atoms with E-state index in [0.29, 0.717) is 0 Å². The van der Waals surface area contributed by atoms with Crippen molar-refractivity contribution in [2.45, 2.75) is 20.8 Å². The van der Waals surface area contributed by atoms with Crippen LogP contribution in [0.25, 0.3) is 5.53 Å². The lowest BCUT2D eigenvalue weighted by Crippen LogP contribution is -2.39. The normalized spacial score (nSPS) is 20.1. The molecular formula is C7H15N4-. The first-order valence-electron chi connectivity index (χ1n) is 3.69. The van der Waals surface area contributed by atoms with Gasteiger partial charge in [0, 0.05) is 12.5 Å². The molecule has 4 heteroatoms. The SMILES string of the molecule is CN1[N-]N=C(C(C)(C)C)N1C. The van der Waals surface area contributed by atoms with E-state index in [1.165, 1.54) is 0 Å². The third kappa shape index (κ3) is 1.45. The van der Waals surface area contributed by atoms with Gasteiger partial charge in [-0.05, 0) is 7.05 Å². The Hall–Kier alpha value is -0.770. The molecule has 0 aliphatic carbocycles. The van der Waals surface area contributed by atoms with Gasteiger partial charge in [-0.15, -0.1) is 0 Å². The molecule has 1 aliphatic heterocycles. The van der Waals surface area contributed by atoms with Crippen molar-refractivity contribution in [3.05, 3.63) is 5.53 Å². The van der Waals surface area contributed by atoms with Crippen LogP contribution in [0, 0.1) is 5.41 Å². The fourth-order valence-electron chi connectivity index (χ4n) is 1.00. The van der Waals surface area contributed by atoms with Crippen molar-refractivity contribution in [2.75, 3.05) is 14.1 Å².